The standard InChI is InChI=1S/C22H21N5O2/c23-21(28)16-5-1-4-15(12-16)18-7-2-8-19(26-18)17-6-3-11-27(14-17)22(29)20-13-24-9-10-25-20/h1-2,4-5,7-10,12-13,17H,3,6,11,14H2,(H2,23,28)/t17-/m1/s1. The van der Waals surface area contributed by atoms with Gasteiger partial charge in [0.15, 0.2) is 0 Å². The Balaban J connectivity index is 1.56. The summed E-state index contributed by atoms with van der Waals surface area (Å²) in [5.74, 6) is -0.426. The Morgan fingerprint density at radius 3 is 2.76 bits per heavy atom. The number of carbonyl (C=O) groups is 2. The van der Waals surface area contributed by atoms with Crippen LogP contribution in [0.4, 0.5) is 0 Å². The highest BCUT2D eigenvalue weighted by Crippen LogP contribution is 2.28. The highest BCUT2D eigenvalue weighted by molar-refractivity contribution is 5.94. The van der Waals surface area contributed by atoms with Crippen LogP contribution in [-0.4, -0.2) is 44.8 Å². The smallest absolute Gasteiger partial charge is 0.274 e. The number of rotatable bonds is 4. The van der Waals surface area contributed by atoms with Crippen molar-refractivity contribution in [3.8, 4) is 11.3 Å². The Morgan fingerprint density at radius 2 is 1.97 bits per heavy atom. The van der Waals surface area contributed by atoms with Gasteiger partial charge in [-0.1, -0.05) is 18.2 Å². The number of nitrogens with zero attached hydrogens (tertiary/aromatic N) is 4. The lowest BCUT2D eigenvalue weighted by atomic mass is 9.93. The Kier molecular flexibility index (Phi) is 5.29. The van der Waals surface area contributed by atoms with Gasteiger partial charge < -0.3 is 10.6 Å². The Hall–Kier alpha value is -3.61. The number of carbonyl (C=O) groups excluding carboxylic acids is 2. The lowest BCUT2D eigenvalue weighted by molar-refractivity contribution is 0.0699. The summed E-state index contributed by atoms with van der Waals surface area (Å²) in [7, 11) is 0. The fourth-order valence-electron chi connectivity index (χ4n) is 3.65. The first kappa shape index (κ1) is 18.7. The molecule has 2 aromatic heterocycles. The molecule has 0 radical (unpaired) electrons. The maximum absolute atomic E-state index is 12.7. The van der Waals surface area contributed by atoms with Crippen LogP contribution in [0.1, 0.15) is 45.3 Å². The molecule has 146 valence electrons. The van der Waals surface area contributed by atoms with Gasteiger partial charge >= 0.3 is 0 Å². The SMILES string of the molecule is NC(=O)c1cccc(-c2cccc([C@@H]3CCCN(C(=O)c4cnccn4)C3)n2)c1. The maximum Gasteiger partial charge on any atom is 0.274 e. The molecule has 3 aromatic rings. The largest absolute Gasteiger partial charge is 0.366 e. The molecule has 0 unspecified atom stereocenters. The molecule has 1 fully saturated rings. The fraction of sp³-hybridized carbons (Fsp3) is 0.227. The van der Waals surface area contributed by atoms with E-state index in [9.17, 15) is 9.59 Å². The highest BCUT2D eigenvalue weighted by atomic mass is 16.2. The summed E-state index contributed by atoms with van der Waals surface area (Å²) in [5.41, 5.74) is 8.76. The minimum absolute atomic E-state index is 0.104. The summed E-state index contributed by atoms with van der Waals surface area (Å²) in [6.07, 6.45) is 6.44. The summed E-state index contributed by atoms with van der Waals surface area (Å²) in [5, 5.41) is 0. The third-order valence-corrected chi connectivity index (χ3v) is 5.12. The van der Waals surface area contributed by atoms with E-state index in [0.29, 0.717) is 24.3 Å². The van der Waals surface area contributed by atoms with E-state index >= 15 is 0 Å². The van der Waals surface area contributed by atoms with Gasteiger partial charge in [0.25, 0.3) is 5.91 Å². The second kappa shape index (κ2) is 8.18. The van der Waals surface area contributed by atoms with Gasteiger partial charge in [-0.25, -0.2) is 4.98 Å². The van der Waals surface area contributed by atoms with Crippen LogP contribution in [0.15, 0.2) is 61.1 Å². The van der Waals surface area contributed by atoms with Crippen molar-refractivity contribution in [2.45, 2.75) is 18.8 Å². The Morgan fingerprint density at radius 1 is 1.10 bits per heavy atom. The molecule has 1 aliphatic heterocycles. The lowest BCUT2D eigenvalue weighted by Gasteiger charge is -2.32. The zero-order chi connectivity index (χ0) is 20.2. The normalized spacial score (nSPS) is 16.4. The van der Waals surface area contributed by atoms with Gasteiger partial charge in [0.2, 0.25) is 5.91 Å². The molecule has 0 aliphatic carbocycles. The number of primary amides is 1. The molecule has 7 nitrogen and oxygen atoms in total. The van der Waals surface area contributed by atoms with Crippen LogP contribution in [0.2, 0.25) is 0 Å². The molecule has 0 bridgehead atoms. The average Bonchev–Trinajstić information content (AvgIpc) is 2.79. The first-order valence-electron chi connectivity index (χ1n) is 9.54. The summed E-state index contributed by atoms with van der Waals surface area (Å²) >= 11 is 0. The molecule has 2 N–H and O–H groups in total. The van der Waals surface area contributed by atoms with E-state index in [0.717, 1.165) is 29.8 Å². The first-order chi connectivity index (χ1) is 14.1. The zero-order valence-electron chi connectivity index (χ0n) is 15.9. The maximum atomic E-state index is 12.7. The van der Waals surface area contributed by atoms with Crippen molar-refractivity contribution in [3.05, 3.63) is 78.0 Å². The van der Waals surface area contributed by atoms with Crippen molar-refractivity contribution in [2.24, 2.45) is 5.73 Å². The molecule has 7 heteroatoms. The predicted octanol–water partition coefficient (Wildman–Crippen LogP) is 2.66. The van der Waals surface area contributed by atoms with Crippen LogP contribution < -0.4 is 5.73 Å². The third kappa shape index (κ3) is 4.13. The number of piperidine rings is 1. The molecule has 1 aliphatic rings. The molecule has 0 saturated carbocycles. The molecule has 1 saturated heterocycles. The van der Waals surface area contributed by atoms with E-state index in [4.69, 9.17) is 10.7 Å². The molecular formula is C22H21N5O2. The van der Waals surface area contributed by atoms with Gasteiger partial charge in [0, 0.05) is 48.2 Å². The molecule has 3 heterocycles. The Labute approximate surface area is 168 Å². The summed E-state index contributed by atoms with van der Waals surface area (Å²) in [6.45, 7) is 1.29. The molecule has 0 spiro atoms. The summed E-state index contributed by atoms with van der Waals surface area (Å²) in [6, 6.07) is 13.0. The van der Waals surface area contributed by atoms with Crippen molar-refractivity contribution in [2.75, 3.05) is 13.1 Å². The number of amides is 2. The summed E-state index contributed by atoms with van der Waals surface area (Å²) in [4.78, 5) is 38.9. The van der Waals surface area contributed by atoms with Gasteiger partial charge in [0.05, 0.1) is 11.9 Å². The molecule has 2 amide bonds. The van der Waals surface area contributed by atoms with Gasteiger partial charge in [-0.2, -0.15) is 0 Å². The van der Waals surface area contributed by atoms with Gasteiger partial charge in [-0.05, 0) is 37.1 Å². The second-order valence-electron chi connectivity index (χ2n) is 7.07. The number of benzene rings is 1. The van der Waals surface area contributed by atoms with Gasteiger partial charge in [-0.3, -0.25) is 19.6 Å². The van der Waals surface area contributed by atoms with Crippen molar-refractivity contribution in [3.63, 3.8) is 0 Å². The van der Waals surface area contributed by atoms with Crippen LogP contribution in [0, 0.1) is 0 Å². The van der Waals surface area contributed by atoms with Crippen LogP contribution in [0.3, 0.4) is 0 Å². The topological polar surface area (TPSA) is 102 Å². The number of likely N-dealkylation sites (tertiary alicyclic amines) is 1. The van der Waals surface area contributed by atoms with Gasteiger partial charge in [-0.15, -0.1) is 0 Å². The molecule has 29 heavy (non-hydrogen) atoms. The molecule has 1 atom stereocenters. The van der Waals surface area contributed by atoms with Crippen molar-refractivity contribution in [1.29, 1.82) is 0 Å². The zero-order valence-corrected chi connectivity index (χ0v) is 15.9. The van der Waals surface area contributed by atoms with E-state index in [1.54, 1.807) is 24.4 Å². The van der Waals surface area contributed by atoms with E-state index in [-0.39, 0.29) is 11.8 Å². The number of hydrogen-bond donors (Lipinski definition) is 1. The fourth-order valence-corrected chi connectivity index (χ4v) is 3.65. The summed E-state index contributed by atoms with van der Waals surface area (Å²) < 4.78 is 0. The number of nitrogens with two attached hydrogens (primary N) is 1. The molecule has 1 aromatic carbocycles. The third-order valence-electron chi connectivity index (χ3n) is 5.12. The van der Waals surface area contributed by atoms with E-state index < -0.39 is 5.91 Å². The number of hydrogen-bond acceptors (Lipinski definition) is 5. The minimum Gasteiger partial charge on any atom is -0.366 e. The van der Waals surface area contributed by atoms with Crippen LogP contribution in [-0.2, 0) is 0 Å². The van der Waals surface area contributed by atoms with Crippen molar-refractivity contribution < 1.29 is 9.59 Å². The van der Waals surface area contributed by atoms with E-state index in [1.807, 2.05) is 29.2 Å². The minimum atomic E-state index is -0.464. The molecule has 4 rings (SSSR count). The number of aromatic nitrogens is 3. The highest BCUT2D eigenvalue weighted by Gasteiger charge is 2.27. The predicted molar refractivity (Wildman–Crippen MR) is 108 cm³/mol. The van der Waals surface area contributed by atoms with Crippen LogP contribution >= 0.6 is 0 Å². The Bertz CT molecular complexity index is 1040. The van der Waals surface area contributed by atoms with Crippen molar-refractivity contribution >= 4 is 11.8 Å². The molecular weight excluding hydrogens is 366 g/mol. The quantitative estimate of drug-likeness (QED) is 0.741. The number of pyridine rings is 1. The lowest BCUT2D eigenvalue weighted by Crippen LogP contribution is -2.39. The van der Waals surface area contributed by atoms with E-state index in [1.165, 1.54) is 12.4 Å². The second-order valence-corrected chi connectivity index (χ2v) is 7.07. The van der Waals surface area contributed by atoms with Crippen LogP contribution in [0.25, 0.3) is 11.3 Å². The van der Waals surface area contributed by atoms with Gasteiger partial charge in [0.1, 0.15) is 5.69 Å². The van der Waals surface area contributed by atoms with Crippen LogP contribution in [0.5, 0.6) is 0 Å². The van der Waals surface area contributed by atoms with Crippen molar-refractivity contribution in [1.82, 2.24) is 19.9 Å². The van der Waals surface area contributed by atoms with E-state index in [2.05, 4.69) is 9.97 Å². The monoisotopic (exact) mass is 387 g/mol. The average molecular weight is 387 g/mol. The first-order valence-corrected chi connectivity index (χ1v) is 9.54.